The quantitative estimate of drug-likeness (QED) is 0.777. The highest BCUT2D eigenvalue weighted by atomic mass is 16.6. The number of carbonyl (C=O) groups is 1. The van der Waals surface area contributed by atoms with Crippen molar-refractivity contribution in [3.8, 4) is 11.1 Å². The summed E-state index contributed by atoms with van der Waals surface area (Å²) in [5.74, 6) is -0.196. The molecule has 1 aliphatic heterocycles. The fourth-order valence-corrected chi connectivity index (χ4v) is 2.86. The maximum Gasteiger partial charge on any atom is 0.317 e. The lowest BCUT2D eigenvalue weighted by Crippen LogP contribution is -2.43. The van der Waals surface area contributed by atoms with Gasteiger partial charge in [0.2, 0.25) is 0 Å². The third kappa shape index (κ3) is 2.22. The van der Waals surface area contributed by atoms with Gasteiger partial charge in [-0.3, -0.25) is 4.79 Å². The lowest BCUT2D eigenvalue weighted by atomic mass is 9.82. The van der Waals surface area contributed by atoms with Gasteiger partial charge in [0.15, 0.2) is 0 Å². The van der Waals surface area contributed by atoms with E-state index in [0.29, 0.717) is 0 Å². The molecule has 0 aliphatic carbocycles. The van der Waals surface area contributed by atoms with E-state index >= 15 is 0 Å². The molecule has 2 nitrogen and oxygen atoms in total. The van der Waals surface area contributed by atoms with Gasteiger partial charge >= 0.3 is 5.97 Å². The fraction of sp³-hybridized carbons (Fsp3) is 0.278. The van der Waals surface area contributed by atoms with Crippen LogP contribution in [0, 0.1) is 0 Å². The van der Waals surface area contributed by atoms with Crippen molar-refractivity contribution in [2.75, 3.05) is 0 Å². The van der Waals surface area contributed by atoms with E-state index < -0.39 is 0 Å². The lowest BCUT2D eigenvalue weighted by molar-refractivity contribution is -0.175. The Morgan fingerprint density at radius 1 is 1.00 bits per heavy atom. The molecule has 2 unspecified atom stereocenters. The van der Waals surface area contributed by atoms with E-state index in [2.05, 4.69) is 31.2 Å². The van der Waals surface area contributed by atoms with E-state index in [-0.39, 0.29) is 18.0 Å². The minimum Gasteiger partial charge on any atom is -0.461 e. The Bertz CT molecular complexity index is 604. The second kappa shape index (κ2) is 5.49. The van der Waals surface area contributed by atoms with Crippen LogP contribution in [0.4, 0.5) is 0 Å². The number of carbonyl (C=O) groups excluding carboxylic acids is 1. The molecule has 2 heteroatoms. The number of ether oxygens (including phenoxy) is 1. The summed E-state index contributed by atoms with van der Waals surface area (Å²) in [6.07, 6.45) is 2.00. The van der Waals surface area contributed by atoms with Crippen LogP contribution < -0.4 is 0 Å². The molecule has 1 saturated heterocycles. The molecule has 0 spiro atoms. The number of benzene rings is 2. The summed E-state index contributed by atoms with van der Waals surface area (Å²) in [5.41, 5.74) is 3.38. The molecular formula is C18H18O2. The number of esters is 1. The fourth-order valence-electron chi connectivity index (χ4n) is 2.86. The van der Waals surface area contributed by atoms with Gasteiger partial charge in [-0.05, 0) is 23.1 Å². The second-order valence-corrected chi connectivity index (χ2v) is 5.19. The van der Waals surface area contributed by atoms with Gasteiger partial charge in [-0.25, -0.2) is 0 Å². The first-order chi connectivity index (χ1) is 9.81. The summed E-state index contributed by atoms with van der Waals surface area (Å²) in [7, 11) is 0. The highest BCUT2D eigenvalue weighted by Crippen LogP contribution is 2.40. The molecule has 2 atom stereocenters. The number of hydrogen-bond donors (Lipinski definition) is 0. The third-order valence-corrected chi connectivity index (χ3v) is 3.85. The zero-order valence-electron chi connectivity index (χ0n) is 11.6. The summed E-state index contributed by atoms with van der Waals surface area (Å²) in [5, 5.41) is 0. The highest BCUT2D eigenvalue weighted by molar-refractivity contribution is 5.87. The van der Waals surface area contributed by atoms with E-state index in [1.165, 1.54) is 0 Å². The van der Waals surface area contributed by atoms with Crippen molar-refractivity contribution in [1.29, 1.82) is 0 Å². The molecule has 0 amide bonds. The summed E-state index contributed by atoms with van der Waals surface area (Å²) in [6, 6.07) is 18.4. The topological polar surface area (TPSA) is 26.3 Å². The number of cyclic esters (lactones) is 1. The van der Waals surface area contributed by atoms with Crippen molar-refractivity contribution in [2.45, 2.75) is 31.8 Å². The monoisotopic (exact) mass is 266 g/mol. The summed E-state index contributed by atoms with van der Waals surface area (Å²) in [4.78, 5) is 11.9. The van der Waals surface area contributed by atoms with Crippen molar-refractivity contribution in [1.82, 2.24) is 0 Å². The first kappa shape index (κ1) is 12.9. The highest BCUT2D eigenvalue weighted by Gasteiger charge is 2.43. The zero-order chi connectivity index (χ0) is 13.9. The van der Waals surface area contributed by atoms with Gasteiger partial charge in [0.05, 0.1) is 0 Å². The van der Waals surface area contributed by atoms with Gasteiger partial charge in [-0.15, -0.1) is 0 Å². The Hall–Kier alpha value is -2.09. The minimum atomic E-state index is -0.105. The smallest absolute Gasteiger partial charge is 0.317 e. The molecule has 2 aromatic rings. The van der Waals surface area contributed by atoms with Gasteiger partial charge in [-0.2, -0.15) is 0 Å². The molecule has 2 aromatic carbocycles. The molecule has 0 saturated carbocycles. The van der Waals surface area contributed by atoms with E-state index in [9.17, 15) is 4.79 Å². The first-order valence-electron chi connectivity index (χ1n) is 7.16. The van der Waals surface area contributed by atoms with Gasteiger partial charge < -0.3 is 4.74 Å². The third-order valence-electron chi connectivity index (χ3n) is 3.85. The Labute approximate surface area is 119 Å². The molecule has 0 N–H and O–H groups in total. The van der Waals surface area contributed by atoms with Crippen LogP contribution in [0.5, 0.6) is 0 Å². The maximum atomic E-state index is 11.9. The normalized spacial score (nSPS) is 21.1. The van der Waals surface area contributed by atoms with Crippen molar-refractivity contribution in [2.24, 2.45) is 0 Å². The standard InChI is InChI=1S/C18H18O2/c1-2-8-16-17(18(19)20-16)15-12-7-6-11-14(15)13-9-4-3-5-10-13/h3-7,9-12,16-17H,2,8H2,1H3. The van der Waals surface area contributed by atoms with Crippen molar-refractivity contribution < 1.29 is 9.53 Å². The van der Waals surface area contributed by atoms with Crippen molar-refractivity contribution >= 4 is 5.97 Å². The Morgan fingerprint density at radius 3 is 2.40 bits per heavy atom. The van der Waals surface area contributed by atoms with E-state index in [4.69, 9.17) is 4.74 Å². The summed E-state index contributed by atoms with van der Waals surface area (Å²) < 4.78 is 5.30. The first-order valence-corrected chi connectivity index (χ1v) is 7.16. The molecule has 0 radical (unpaired) electrons. The average molecular weight is 266 g/mol. The van der Waals surface area contributed by atoms with Crippen LogP contribution >= 0.6 is 0 Å². The van der Waals surface area contributed by atoms with Crippen LogP contribution in [0.25, 0.3) is 11.1 Å². The Morgan fingerprint density at radius 2 is 1.70 bits per heavy atom. The molecule has 20 heavy (non-hydrogen) atoms. The number of rotatable bonds is 4. The summed E-state index contributed by atoms with van der Waals surface area (Å²) >= 11 is 0. The Balaban J connectivity index is 2.00. The molecule has 0 bridgehead atoms. The van der Waals surface area contributed by atoms with Gasteiger partial charge in [-0.1, -0.05) is 67.9 Å². The lowest BCUT2D eigenvalue weighted by Gasteiger charge is -2.36. The molecule has 0 aromatic heterocycles. The van der Waals surface area contributed by atoms with Gasteiger partial charge in [0.1, 0.15) is 12.0 Å². The van der Waals surface area contributed by atoms with Crippen molar-refractivity contribution in [3.05, 3.63) is 60.2 Å². The van der Waals surface area contributed by atoms with Gasteiger partial charge in [0.25, 0.3) is 0 Å². The molecule has 1 fully saturated rings. The SMILES string of the molecule is CCCC1OC(=O)C1c1ccccc1-c1ccccc1. The van der Waals surface area contributed by atoms with Crippen LogP contribution in [0.3, 0.4) is 0 Å². The largest absolute Gasteiger partial charge is 0.461 e. The van der Waals surface area contributed by atoms with Crippen LogP contribution in [-0.4, -0.2) is 12.1 Å². The molecule has 1 aliphatic rings. The minimum absolute atomic E-state index is 0.0392. The molecule has 1 heterocycles. The van der Waals surface area contributed by atoms with Crippen LogP contribution in [-0.2, 0) is 9.53 Å². The summed E-state index contributed by atoms with van der Waals surface area (Å²) in [6.45, 7) is 2.12. The van der Waals surface area contributed by atoms with Gasteiger partial charge in [0, 0.05) is 0 Å². The Kier molecular flexibility index (Phi) is 3.55. The molecule has 3 rings (SSSR count). The zero-order valence-corrected chi connectivity index (χ0v) is 11.6. The average Bonchev–Trinajstić information content (AvgIpc) is 2.48. The molecule has 102 valence electrons. The predicted octanol–water partition coefficient (Wildman–Crippen LogP) is 4.16. The number of hydrogen-bond acceptors (Lipinski definition) is 2. The van der Waals surface area contributed by atoms with Crippen LogP contribution in [0.2, 0.25) is 0 Å². The van der Waals surface area contributed by atoms with Crippen LogP contribution in [0.1, 0.15) is 31.2 Å². The van der Waals surface area contributed by atoms with E-state index in [0.717, 1.165) is 29.5 Å². The molecular weight excluding hydrogens is 248 g/mol. The van der Waals surface area contributed by atoms with Crippen LogP contribution in [0.15, 0.2) is 54.6 Å². The predicted molar refractivity (Wildman–Crippen MR) is 79.4 cm³/mol. The van der Waals surface area contributed by atoms with E-state index in [1.807, 2.05) is 30.3 Å². The maximum absolute atomic E-state index is 11.9. The van der Waals surface area contributed by atoms with E-state index in [1.54, 1.807) is 0 Å². The second-order valence-electron chi connectivity index (χ2n) is 5.19. The van der Waals surface area contributed by atoms with Crippen molar-refractivity contribution in [3.63, 3.8) is 0 Å².